The predicted molar refractivity (Wildman–Crippen MR) is 51.8 cm³/mol. The van der Waals surface area contributed by atoms with Crippen molar-refractivity contribution in [2.45, 2.75) is 6.92 Å². The fraction of sp³-hybridized carbons (Fsp3) is 0.182. The van der Waals surface area contributed by atoms with E-state index < -0.39 is 0 Å². The minimum atomic E-state index is 0.278. The molecule has 0 aliphatic carbocycles. The summed E-state index contributed by atoms with van der Waals surface area (Å²) in [5.74, 6) is 1.51. The second kappa shape index (κ2) is 3.43. The quantitative estimate of drug-likeness (QED) is 0.634. The highest BCUT2D eigenvalue weighted by atomic mass is 16.7. The van der Waals surface area contributed by atoms with Crippen LogP contribution < -0.4 is 9.47 Å². The van der Waals surface area contributed by atoms with Crippen LogP contribution in [-0.2, 0) is 0 Å². The van der Waals surface area contributed by atoms with Crippen LogP contribution in [0.3, 0.4) is 0 Å². The second-order valence-electron chi connectivity index (χ2n) is 3.02. The molecule has 0 bridgehead atoms. The summed E-state index contributed by atoms with van der Waals surface area (Å²) in [5.41, 5.74) is 1.90. The molecule has 14 heavy (non-hydrogen) atoms. The first-order chi connectivity index (χ1) is 6.81. The molecule has 1 aliphatic rings. The Kier molecular flexibility index (Phi) is 2.11. The van der Waals surface area contributed by atoms with E-state index in [-0.39, 0.29) is 6.79 Å². The van der Waals surface area contributed by atoms with E-state index >= 15 is 0 Å². The summed E-state index contributed by atoms with van der Waals surface area (Å²) >= 11 is 0. The van der Waals surface area contributed by atoms with Crippen LogP contribution in [0, 0.1) is 11.3 Å². The van der Waals surface area contributed by atoms with Crippen LogP contribution in [0.5, 0.6) is 11.5 Å². The van der Waals surface area contributed by atoms with Gasteiger partial charge in [-0.05, 0) is 30.2 Å². The van der Waals surface area contributed by atoms with Gasteiger partial charge in [0.1, 0.15) is 0 Å². The Labute approximate surface area is 82.2 Å². The number of benzene rings is 1. The first-order valence-corrected chi connectivity index (χ1v) is 4.27. The Morgan fingerprint density at radius 1 is 1.43 bits per heavy atom. The van der Waals surface area contributed by atoms with Gasteiger partial charge in [0.25, 0.3) is 0 Å². The largest absolute Gasteiger partial charge is 0.454 e. The van der Waals surface area contributed by atoms with Gasteiger partial charge in [-0.2, -0.15) is 5.26 Å². The first-order valence-electron chi connectivity index (χ1n) is 4.27. The van der Waals surface area contributed by atoms with Crippen LogP contribution in [0.25, 0.3) is 5.57 Å². The molecule has 1 aromatic rings. The van der Waals surface area contributed by atoms with Gasteiger partial charge >= 0.3 is 0 Å². The number of hydrogen-bond donors (Lipinski definition) is 0. The van der Waals surface area contributed by atoms with E-state index in [1.807, 2.05) is 31.2 Å². The van der Waals surface area contributed by atoms with E-state index in [4.69, 9.17) is 14.7 Å². The summed E-state index contributed by atoms with van der Waals surface area (Å²) in [4.78, 5) is 0. The highest BCUT2D eigenvalue weighted by Gasteiger charge is 2.13. The van der Waals surface area contributed by atoms with Crippen LogP contribution in [-0.4, -0.2) is 6.79 Å². The van der Waals surface area contributed by atoms with Gasteiger partial charge in [-0.25, -0.2) is 0 Å². The molecule has 0 atom stereocenters. The van der Waals surface area contributed by atoms with Gasteiger partial charge in [0.05, 0.1) is 6.07 Å². The molecular weight excluding hydrogens is 178 g/mol. The molecule has 3 nitrogen and oxygen atoms in total. The fourth-order valence-corrected chi connectivity index (χ4v) is 1.32. The van der Waals surface area contributed by atoms with Gasteiger partial charge in [0, 0.05) is 6.08 Å². The average molecular weight is 187 g/mol. The minimum Gasteiger partial charge on any atom is -0.454 e. The van der Waals surface area contributed by atoms with E-state index in [2.05, 4.69) is 0 Å². The summed E-state index contributed by atoms with van der Waals surface area (Å²) in [5, 5.41) is 8.51. The summed E-state index contributed by atoms with van der Waals surface area (Å²) in [6.07, 6.45) is 1.51. The zero-order valence-corrected chi connectivity index (χ0v) is 7.78. The topological polar surface area (TPSA) is 42.2 Å². The van der Waals surface area contributed by atoms with E-state index in [1.54, 1.807) is 0 Å². The van der Waals surface area contributed by atoms with Crippen molar-refractivity contribution in [1.29, 1.82) is 5.26 Å². The lowest BCUT2D eigenvalue weighted by Crippen LogP contribution is -1.92. The van der Waals surface area contributed by atoms with E-state index in [9.17, 15) is 0 Å². The Balaban J connectivity index is 2.39. The molecule has 70 valence electrons. The Morgan fingerprint density at radius 2 is 2.21 bits per heavy atom. The lowest BCUT2D eigenvalue weighted by molar-refractivity contribution is 0.174. The minimum absolute atomic E-state index is 0.278. The number of nitriles is 1. The van der Waals surface area contributed by atoms with Gasteiger partial charge in [-0.1, -0.05) is 6.07 Å². The molecule has 1 aliphatic heterocycles. The lowest BCUT2D eigenvalue weighted by Gasteiger charge is -2.01. The normalized spacial score (nSPS) is 13.9. The molecule has 2 rings (SSSR count). The maximum atomic E-state index is 8.51. The van der Waals surface area contributed by atoms with E-state index in [1.165, 1.54) is 6.08 Å². The molecule has 0 unspecified atom stereocenters. The molecule has 0 aromatic heterocycles. The first kappa shape index (κ1) is 8.64. The zero-order valence-electron chi connectivity index (χ0n) is 7.78. The standard InChI is InChI=1S/C11H9NO2/c1-8(4-5-12)9-2-3-10-11(6-9)14-7-13-10/h2-4,6H,7H2,1H3. The highest BCUT2D eigenvalue weighted by molar-refractivity contribution is 5.68. The molecule has 0 N–H and O–H groups in total. The second-order valence-corrected chi connectivity index (χ2v) is 3.02. The summed E-state index contributed by atoms with van der Waals surface area (Å²) in [6.45, 7) is 2.17. The highest BCUT2D eigenvalue weighted by Crippen LogP contribution is 2.34. The number of rotatable bonds is 1. The number of ether oxygens (including phenoxy) is 2. The van der Waals surface area contributed by atoms with E-state index in [0.29, 0.717) is 0 Å². The fourth-order valence-electron chi connectivity index (χ4n) is 1.32. The third-order valence-electron chi connectivity index (χ3n) is 2.11. The number of allylic oxidation sites excluding steroid dienone is 2. The van der Waals surface area contributed by atoms with Gasteiger partial charge in [0.15, 0.2) is 11.5 Å². The molecule has 3 heteroatoms. The molecule has 0 saturated carbocycles. The van der Waals surface area contributed by atoms with Crippen molar-refractivity contribution < 1.29 is 9.47 Å². The average Bonchev–Trinajstić information content (AvgIpc) is 2.64. The number of nitrogens with zero attached hydrogens (tertiary/aromatic N) is 1. The number of hydrogen-bond acceptors (Lipinski definition) is 3. The molecule has 0 saturated heterocycles. The van der Waals surface area contributed by atoms with Gasteiger partial charge < -0.3 is 9.47 Å². The monoisotopic (exact) mass is 187 g/mol. The molecule has 0 radical (unpaired) electrons. The molecular formula is C11H9NO2. The smallest absolute Gasteiger partial charge is 0.231 e. The number of fused-ring (bicyclic) bond motifs is 1. The van der Waals surface area contributed by atoms with Crippen molar-refractivity contribution in [2.75, 3.05) is 6.79 Å². The van der Waals surface area contributed by atoms with Gasteiger partial charge in [-0.3, -0.25) is 0 Å². The molecule has 0 amide bonds. The lowest BCUT2D eigenvalue weighted by atomic mass is 10.1. The van der Waals surface area contributed by atoms with Crippen LogP contribution in [0.4, 0.5) is 0 Å². The Bertz CT molecular complexity index is 429. The molecule has 1 aromatic carbocycles. The summed E-state index contributed by atoms with van der Waals surface area (Å²) in [6, 6.07) is 7.65. The van der Waals surface area contributed by atoms with Crippen LogP contribution in [0.1, 0.15) is 12.5 Å². The third-order valence-corrected chi connectivity index (χ3v) is 2.11. The summed E-state index contributed by atoms with van der Waals surface area (Å²) in [7, 11) is 0. The SMILES string of the molecule is CC(=CC#N)c1ccc2c(c1)OCO2. The van der Waals surface area contributed by atoms with Crippen LogP contribution in [0.15, 0.2) is 24.3 Å². The third kappa shape index (κ3) is 1.42. The van der Waals surface area contributed by atoms with Gasteiger partial charge in [-0.15, -0.1) is 0 Å². The van der Waals surface area contributed by atoms with Crippen molar-refractivity contribution in [1.82, 2.24) is 0 Å². The summed E-state index contributed by atoms with van der Waals surface area (Å²) < 4.78 is 10.4. The predicted octanol–water partition coefficient (Wildman–Crippen LogP) is 2.34. The van der Waals surface area contributed by atoms with Crippen molar-refractivity contribution in [2.24, 2.45) is 0 Å². The molecule has 0 fully saturated rings. The van der Waals surface area contributed by atoms with Crippen molar-refractivity contribution in [3.63, 3.8) is 0 Å². The molecule has 1 heterocycles. The van der Waals surface area contributed by atoms with Crippen LogP contribution in [0.2, 0.25) is 0 Å². The van der Waals surface area contributed by atoms with Crippen molar-refractivity contribution in [3.8, 4) is 17.6 Å². The Hall–Kier alpha value is -1.95. The molecule has 0 spiro atoms. The van der Waals surface area contributed by atoms with E-state index in [0.717, 1.165) is 22.6 Å². The maximum absolute atomic E-state index is 8.51. The van der Waals surface area contributed by atoms with Crippen molar-refractivity contribution >= 4 is 5.57 Å². The van der Waals surface area contributed by atoms with Gasteiger partial charge in [0.2, 0.25) is 6.79 Å². The van der Waals surface area contributed by atoms with Crippen molar-refractivity contribution in [3.05, 3.63) is 29.8 Å². The maximum Gasteiger partial charge on any atom is 0.231 e. The zero-order chi connectivity index (χ0) is 9.97. The van der Waals surface area contributed by atoms with Crippen LogP contribution >= 0.6 is 0 Å². The Morgan fingerprint density at radius 3 is 3.00 bits per heavy atom.